The van der Waals surface area contributed by atoms with Gasteiger partial charge in [0.25, 0.3) is 5.91 Å². The number of para-hydroxylation sites is 2. The van der Waals surface area contributed by atoms with E-state index in [0.717, 1.165) is 25.7 Å². The zero-order valence-electron chi connectivity index (χ0n) is 15.8. The second-order valence-corrected chi connectivity index (χ2v) is 7.15. The molecule has 3 rings (SSSR count). The molecule has 1 aliphatic heterocycles. The van der Waals surface area contributed by atoms with Gasteiger partial charge in [0.1, 0.15) is 5.75 Å². The number of hydrogen-bond donors (Lipinski definition) is 1. The van der Waals surface area contributed by atoms with E-state index in [2.05, 4.69) is 5.32 Å². The predicted molar refractivity (Wildman–Crippen MR) is 99.3 cm³/mol. The first-order chi connectivity index (χ1) is 13.0. The smallest absolute Gasteiger partial charge is 0.312 e. The Morgan fingerprint density at radius 2 is 1.93 bits per heavy atom. The number of nitrogens with one attached hydrogen (secondary N) is 1. The minimum atomic E-state index is -0.960. The summed E-state index contributed by atoms with van der Waals surface area (Å²) in [5, 5.41) is 2.70. The van der Waals surface area contributed by atoms with Gasteiger partial charge in [0.15, 0.2) is 6.10 Å². The molecule has 1 aromatic carbocycles. The number of nitrogens with zero attached hydrogens (tertiary/aromatic N) is 1. The molecule has 1 N–H and O–H groups in total. The molecule has 7 heteroatoms. The van der Waals surface area contributed by atoms with Gasteiger partial charge < -0.3 is 19.7 Å². The molecule has 27 heavy (non-hydrogen) atoms. The van der Waals surface area contributed by atoms with Gasteiger partial charge in [0.2, 0.25) is 5.91 Å². The zero-order valence-corrected chi connectivity index (χ0v) is 15.8. The lowest BCUT2D eigenvalue weighted by Gasteiger charge is -2.24. The van der Waals surface area contributed by atoms with Gasteiger partial charge in [-0.15, -0.1) is 0 Å². The summed E-state index contributed by atoms with van der Waals surface area (Å²) >= 11 is 0. The highest BCUT2D eigenvalue weighted by Gasteiger charge is 2.40. The number of amides is 2. The summed E-state index contributed by atoms with van der Waals surface area (Å²) in [7, 11) is 1.52. The molecule has 2 amide bonds. The first kappa shape index (κ1) is 19.2. The van der Waals surface area contributed by atoms with Crippen LogP contribution < -0.4 is 10.1 Å². The van der Waals surface area contributed by atoms with Crippen LogP contribution >= 0.6 is 0 Å². The first-order valence-corrected chi connectivity index (χ1v) is 9.43. The third kappa shape index (κ3) is 4.40. The zero-order chi connectivity index (χ0) is 19.4. The van der Waals surface area contributed by atoms with E-state index in [4.69, 9.17) is 9.47 Å². The van der Waals surface area contributed by atoms with E-state index >= 15 is 0 Å². The van der Waals surface area contributed by atoms with E-state index in [1.807, 2.05) is 4.90 Å². The van der Waals surface area contributed by atoms with Gasteiger partial charge in [0.05, 0.1) is 18.7 Å². The van der Waals surface area contributed by atoms with Crippen LogP contribution in [-0.2, 0) is 19.1 Å². The number of methoxy groups -OCH3 is 1. The van der Waals surface area contributed by atoms with Crippen molar-refractivity contribution >= 4 is 23.5 Å². The summed E-state index contributed by atoms with van der Waals surface area (Å²) in [5.74, 6) is -0.899. The normalized spacial score (nSPS) is 21.2. The highest BCUT2D eigenvalue weighted by molar-refractivity contribution is 5.96. The number of carbonyl (C=O) groups excluding carboxylic acids is 3. The van der Waals surface area contributed by atoms with Crippen molar-refractivity contribution in [1.29, 1.82) is 0 Å². The Hall–Kier alpha value is -2.57. The maximum Gasteiger partial charge on any atom is 0.312 e. The Bertz CT molecular complexity index is 714. The molecule has 2 fully saturated rings. The molecule has 1 saturated heterocycles. The van der Waals surface area contributed by atoms with Crippen molar-refractivity contribution in [3.63, 3.8) is 0 Å². The van der Waals surface area contributed by atoms with Crippen molar-refractivity contribution in [2.24, 2.45) is 5.92 Å². The average Bonchev–Trinajstić information content (AvgIpc) is 3.31. The van der Waals surface area contributed by atoms with E-state index in [9.17, 15) is 14.4 Å². The van der Waals surface area contributed by atoms with Gasteiger partial charge in [-0.1, -0.05) is 25.0 Å². The van der Waals surface area contributed by atoms with Crippen molar-refractivity contribution in [3.8, 4) is 5.75 Å². The van der Waals surface area contributed by atoms with Crippen molar-refractivity contribution in [3.05, 3.63) is 24.3 Å². The molecule has 2 aliphatic rings. The van der Waals surface area contributed by atoms with Crippen LogP contribution in [0.2, 0.25) is 0 Å². The van der Waals surface area contributed by atoms with Gasteiger partial charge in [-0.05, 0) is 31.9 Å². The Morgan fingerprint density at radius 1 is 1.22 bits per heavy atom. The predicted octanol–water partition coefficient (Wildman–Crippen LogP) is 2.36. The van der Waals surface area contributed by atoms with Crippen LogP contribution in [0.25, 0.3) is 0 Å². The highest BCUT2D eigenvalue weighted by atomic mass is 16.5. The molecule has 0 spiro atoms. The first-order valence-electron chi connectivity index (χ1n) is 9.43. The fraction of sp³-hybridized carbons (Fsp3) is 0.550. The number of likely N-dealkylation sites (tertiary alicyclic amines) is 1. The minimum Gasteiger partial charge on any atom is -0.495 e. The van der Waals surface area contributed by atoms with Gasteiger partial charge in [-0.25, -0.2) is 0 Å². The van der Waals surface area contributed by atoms with Gasteiger partial charge >= 0.3 is 5.97 Å². The molecule has 0 bridgehead atoms. The molecule has 1 aliphatic carbocycles. The van der Waals surface area contributed by atoms with Crippen LogP contribution in [0.15, 0.2) is 24.3 Å². The molecular weight excluding hydrogens is 348 g/mol. The van der Waals surface area contributed by atoms with Crippen LogP contribution in [0.4, 0.5) is 5.69 Å². The molecule has 1 heterocycles. The second-order valence-electron chi connectivity index (χ2n) is 7.15. The molecule has 0 unspecified atom stereocenters. The summed E-state index contributed by atoms with van der Waals surface area (Å²) in [4.78, 5) is 38.8. The third-order valence-corrected chi connectivity index (χ3v) is 5.28. The monoisotopic (exact) mass is 374 g/mol. The Kier molecular flexibility index (Phi) is 5.98. The van der Waals surface area contributed by atoms with E-state index in [1.165, 1.54) is 14.0 Å². The number of esters is 1. The lowest BCUT2D eigenvalue weighted by atomic mass is 10.1. The van der Waals surface area contributed by atoms with E-state index in [-0.39, 0.29) is 18.4 Å². The molecule has 1 aromatic rings. The van der Waals surface area contributed by atoms with E-state index < -0.39 is 23.9 Å². The summed E-state index contributed by atoms with van der Waals surface area (Å²) < 4.78 is 10.5. The number of rotatable bonds is 6. The topological polar surface area (TPSA) is 84.9 Å². The number of hydrogen-bond acceptors (Lipinski definition) is 5. The molecule has 2 atom stereocenters. The SMILES string of the molecule is COc1ccccc1NC(=O)[C@H](C)OC(=O)[C@@H]1CC(=O)N(C2CCCC2)C1. The van der Waals surface area contributed by atoms with Crippen LogP contribution in [0, 0.1) is 5.92 Å². The van der Waals surface area contributed by atoms with Crippen molar-refractivity contribution in [1.82, 2.24) is 4.90 Å². The lowest BCUT2D eigenvalue weighted by Crippen LogP contribution is -2.36. The molecule has 146 valence electrons. The summed E-state index contributed by atoms with van der Waals surface area (Å²) in [6.07, 6.45) is 3.47. The maximum atomic E-state index is 12.4. The fourth-order valence-corrected chi connectivity index (χ4v) is 3.76. The average molecular weight is 374 g/mol. The standard InChI is InChI=1S/C20H26N2O5/c1-13(19(24)21-16-9-5-6-10-17(16)26-2)27-20(25)14-11-18(23)22(12-14)15-7-3-4-8-15/h5-6,9-10,13-15H,3-4,7-8,11-12H2,1-2H3,(H,21,24)/t13-,14+/m0/s1. The summed E-state index contributed by atoms with van der Waals surface area (Å²) in [6.45, 7) is 1.91. The number of ether oxygens (including phenoxy) is 2. The van der Waals surface area contributed by atoms with Crippen molar-refractivity contribution < 1.29 is 23.9 Å². The summed E-state index contributed by atoms with van der Waals surface area (Å²) in [6, 6.07) is 7.26. The molecule has 1 saturated carbocycles. The van der Waals surface area contributed by atoms with Gasteiger partial charge in [-0.2, -0.15) is 0 Å². The number of anilines is 1. The maximum absolute atomic E-state index is 12.4. The van der Waals surface area contributed by atoms with Crippen LogP contribution in [0.3, 0.4) is 0 Å². The van der Waals surface area contributed by atoms with E-state index in [0.29, 0.717) is 18.0 Å². The largest absolute Gasteiger partial charge is 0.495 e. The molecule has 0 radical (unpaired) electrons. The number of carbonyl (C=O) groups is 3. The number of benzene rings is 1. The minimum absolute atomic E-state index is 0.00924. The van der Waals surface area contributed by atoms with Gasteiger partial charge in [-0.3, -0.25) is 14.4 Å². The molecule has 7 nitrogen and oxygen atoms in total. The second kappa shape index (κ2) is 8.41. The van der Waals surface area contributed by atoms with Crippen LogP contribution in [-0.4, -0.2) is 48.5 Å². The summed E-state index contributed by atoms with van der Waals surface area (Å²) in [5.41, 5.74) is 0.511. The van der Waals surface area contributed by atoms with Crippen molar-refractivity contribution in [2.75, 3.05) is 19.0 Å². The lowest BCUT2D eigenvalue weighted by molar-refractivity contribution is -0.157. The van der Waals surface area contributed by atoms with Crippen molar-refractivity contribution in [2.45, 2.75) is 51.2 Å². The quantitative estimate of drug-likeness (QED) is 0.773. The van der Waals surface area contributed by atoms with Gasteiger partial charge in [0, 0.05) is 19.0 Å². The third-order valence-electron chi connectivity index (χ3n) is 5.28. The molecule has 0 aromatic heterocycles. The van der Waals surface area contributed by atoms with Crippen LogP contribution in [0.1, 0.15) is 39.0 Å². The Morgan fingerprint density at radius 3 is 2.63 bits per heavy atom. The highest BCUT2D eigenvalue weighted by Crippen LogP contribution is 2.30. The fourth-order valence-electron chi connectivity index (χ4n) is 3.76. The Balaban J connectivity index is 1.54. The Labute approximate surface area is 159 Å². The molecular formula is C20H26N2O5. The van der Waals surface area contributed by atoms with Crippen LogP contribution in [0.5, 0.6) is 5.75 Å². The van der Waals surface area contributed by atoms with E-state index in [1.54, 1.807) is 24.3 Å².